The molecule has 2 aromatic carbocycles. The highest BCUT2D eigenvalue weighted by Crippen LogP contribution is 2.24. The van der Waals surface area contributed by atoms with Crippen LogP contribution in [0.3, 0.4) is 0 Å². The molecule has 31 heavy (non-hydrogen) atoms. The molecule has 0 spiro atoms. The largest absolute Gasteiger partial charge is 0.493 e. The van der Waals surface area contributed by atoms with Crippen molar-refractivity contribution in [3.05, 3.63) is 54.6 Å². The Kier molecular flexibility index (Phi) is 8.58. The molecule has 0 radical (unpaired) electrons. The second-order valence-electron chi connectivity index (χ2n) is 7.45. The fourth-order valence-corrected chi connectivity index (χ4v) is 3.45. The molecule has 7 nitrogen and oxygen atoms in total. The highest BCUT2D eigenvalue weighted by Gasteiger charge is 2.24. The molecule has 0 heterocycles. The molecule has 3 rings (SSSR count). The van der Waals surface area contributed by atoms with E-state index < -0.39 is 0 Å². The molecule has 7 heteroatoms. The zero-order valence-electron chi connectivity index (χ0n) is 17.8. The Hall–Kier alpha value is -3.22. The summed E-state index contributed by atoms with van der Waals surface area (Å²) in [6.07, 6.45) is 3.24. The van der Waals surface area contributed by atoms with Gasteiger partial charge in [0.2, 0.25) is 0 Å². The van der Waals surface area contributed by atoms with E-state index in [4.69, 9.17) is 14.2 Å². The third-order valence-corrected chi connectivity index (χ3v) is 5.02. The maximum Gasteiger partial charge on any atom is 0.314 e. The van der Waals surface area contributed by atoms with Crippen LogP contribution in [-0.4, -0.2) is 37.3 Å². The maximum atomic E-state index is 12.1. The number of hydrogen-bond donors (Lipinski definition) is 2. The number of amides is 2. The maximum absolute atomic E-state index is 12.1. The Morgan fingerprint density at radius 2 is 1.55 bits per heavy atom. The number of urea groups is 1. The van der Waals surface area contributed by atoms with Gasteiger partial charge in [-0.05, 0) is 69.0 Å². The van der Waals surface area contributed by atoms with Gasteiger partial charge in [-0.3, -0.25) is 4.79 Å². The summed E-state index contributed by atoms with van der Waals surface area (Å²) >= 11 is 0. The summed E-state index contributed by atoms with van der Waals surface area (Å²) in [5, 5.41) is 5.67. The lowest BCUT2D eigenvalue weighted by Gasteiger charge is -2.28. The monoisotopic (exact) mass is 426 g/mol. The van der Waals surface area contributed by atoms with Gasteiger partial charge in [-0.2, -0.15) is 0 Å². The van der Waals surface area contributed by atoms with E-state index in [2.05, 4.69) is 10.6 Å². The Morgan fingerprint density at radius 3 is 2.23 bits per heavy atom. The van der Waals surface area contributed by atoms with Gasteiger partial charge >= 0.3 is 12.0 Å². The minimum atomic E-state index is -0.260. The van der Waals surface area contributed by atoms with E-state index in [0.29, 0.717) is 12.3 Å². The van der Waals surface area contributed by atoms with Crippen LogP contribution in [0.4, 0.5) is 4.79 Å². The Labute approximate surface area is 183 Å². The van der Waals surface area contributed by atoms with E-state index in [1.807, 2.05) is 61.5 Å². The number of para-hydroxylation sites is 1. The van der Waals surface area contributed by atoms with Crippen molar-refractivity contribution < 1.29 is 23.8 Å². The van der Waals surface area contributed by atoms with E-state index in [-0.39, 0.29) is 37.2 Å². The lowest BCUT2D eigenvalue weighted by molar-refractivity contribution is -0.151. The van der Waals surface area contributed by atoms with E-state index in [0.717, 1.165) is 37.2 Å². The van der Waals surface area contributed by atoms with Gasteiger partial charge in [-0.25, -0.2) is 4.79 Å². The summed E-state index contributed by atoms with van der Waals surface area (Å²) in [6, 6.07) is 16.8. The van der Waals surface area contributed by atoms with Crippen LogP contribution in [0.15, 0.2) is 54.6 Å². The fourth-order valence-electron chi connectivity index (χ4n) is 3.45. The molecular formula is C24H30N2O5. The van der Waals surface area contributed by atoms with Crippen molar-refractivity contribution in [3.63, 3.8) is 0 Å². The second-order valence-corrected chi connectivity index (χ2v) is 7.45. The summed E-state index contributed by atoms with van der Waals surface area (Å²) < 4.78 is 16.9. The molecule has 1 fully saturated rings. The van der Waals surface area contributed by atoms with Gasteiger partial charge in [0.15, 0.2) is 0 Å². The van der Waals surface area contributed by atoms with Crippen LogP contribution >= 0.6 is 0 Å². The molecule has 0 unspecified atom stereocenters. The molecular weight excluding hydrogens is 396 g/mol. The summed E-state index contributed by atoms with van der Waals surface area (Å²) in [5.41, 5.74) is 0. The first kappa shape index (κ1) is 22.5. The number of nitrogens with one attached hydrogen (secondary N) is 2. The zero-order valence-corrected chi connectivity index (χ0v) is 17.8. The van der Waals surface area contributed by atoms with Gasteiger partial charge < -0.3 is 24.8 Å². The summed E-state index contributed by atoms with van der Waals surface area (Å²) in [5.74, 6) is 1.90. The van der Waals surface area contributed by atoms with E-state index in [1.165, 1.54) is 0 Å². The zero-order chi connectivity index (χ0) is 21.9. The summed E-state index contributed by atoms with van der Waals surface area (Å²) in [6.45, 7) is 2.74. The molecule has 1 saturated carbocycles. The van der Waals surface area contributed by atoms with Gasteiger partial charge in [0, 0.05) is 12.6 Å². The first-order chi connectivity index (χ1) is 15.1. The van der Waals surface area contributed by atoms with Gasteiger partial charge in [0.25, 0.3) is 0 Å². The molecule has 1 aliphatic carbocycles. The molecule has 0 bridgehead atoms. The summed E-state index contributed by atoms with van der Waals surface area (Å²) in [4.78, 5) is 23.7. The average Bonchev–Trinajstić information content (AvgIpc) is 2.77. The van der Waals surface area contributed by atoms with Gasteiger partial charge in [0.05, 0.1) is 13.0 Å². The number of benzene rings is 2. The van der Waals surface area contributed by atoms with E-state index in [9.17, 15) is 9.59 Å². The first-order valence-corrected chi connectivity index (χ1v) is 10.8. The fraction of sp³-hybridized carbons (Fsp3) is 0.417. The molecule has 0 aliphatic heterocycles. The van der Waals surface area contributed by atoms with Crippen molar-refractivity contribution in [3.8, 4) is 17.2 Å². The third kappa shape index (κ3) is 7.85. The van der Waals surface area contributed by atoms with Crippen molar-refractivity contribution >= 4 is 12.0 Å². The first-order valence-electron chi connectivity index (χ1n) is 10.8. The standard InChI is InChI=1S/C24H30N2O5/c1-2-25-24(28)26-18-8-10-22(11-9-18)31-23(27)16-17-29-19-12-14-21(15-13-19)30-20-6-4-3-5-7-20/h3-7,12-15,18,22H,2,8-11,16-17H2,1H3,(H2,25,26,28). The van der Waals surface area contributed by atoms with E-state index >= 15 is 0 Å². The molecule has 166 valence electrons. The van der Waals surface area contributed by atoms with Crippen LogP contribution in [-0.2, 0) is 9.53 Å². The minimum Gasteiger partial charge on any atom is -0.493 e. The minimum absolute atomic E-state index is 0.0887. The van der Waals surface area contributed by atoms with Crippen LogP contribution in [0.1, 0.15) is 39.0 Å². The highest BCUT2D eigenvalue weighted by molar-refractivity contribution is 5.74. The quantitative estimate of drug-likeness (QED) is 0.580. The number of rotatable bonds is 9. The molecule has 0 saturated heterocycles. The molecule has 1 aliphatic rings. The molecule has 0 aromatic heterocycles. The van der Waals surface area contributed by atoms with Crippen LogP contribution in [0, 0.1) is 0 Å². The van der Waals surface area contributed by atoms with Gasteiger partial charge in [-0.15, -0.1) is 0 Å². The topological polar surface area (TPSA) is 85.9 Å². The third-order valence-electron chi connectivity index (χ3n) is 5.02. The number of carbonyl (C=O) groups is 2. The van der Waals surface area contributed by atoms with Crippen LogP contribution in [0.5, 0.6) is 17.2 Å². The smallest absolute Gasteiger partial charge is 0.314 e. The van der Waals surface area contributed by atoms with Crippen molar-refractivity contribution in [2.75, 3.05) is 13.2 Å². The van der Waals surface area contributed by atoms with Crippen LogP contribution < -0.4 is 20.1 Å². The number of carbonyl (C=O) groups excluding carboxylic acids is 2. The summed E-state index contributed by atoms with van der Waals surface area (Å²) in [7, 11) is 0. The highest BCUT2D eigenvalue weighted by atomic mass is 16.5. The van der Waals surface area contributed by atoms with Gasteiger partial charge in [-0.1, -0.05) is 18.2 Å². The number of hydrogen-bond acceptors (Lipinski definition) is 5. The Balaban J connectivity index is 1.31. The molecule has 2 N–H and O–H groups in total. The van der Waals surface area contributed by atoms with Gasteiger partial charge in [0.1, 0.15) is 23.4 Å². The molecule has 2 aromatic rings. The number of esters is 1. The lowest BCUT2D eigenvalue weighted by atomic mass is 9.93. The van der Waals surface area contributed by atoms with Crippen molar-refractivity contribution in [2.45, 2.75) is 51.2 Å². The van der Waals surface area contributed by atoms with Crippen molar-refractivity contribution in [1.29, 1.82) is 0 Å². The van der Waals surface area contributed by atoms with Crippen LogP contribution in [0.25, 0.3) is 0 Å². The Bertz CT molecular complexity index is 818. The predicted molar refractivity (Wildman–Crippen MR) is 117 cm³/mol. The average molecular weight is 427 g/mol. The second kappa shape index (κ2) is 11.8. The molecule has 0 atom stereocenters. The van der Waals surface area contributed by atoms with Crippen molar-refractivity contribution in [2.24, 2.45) is 0 Å². The number of ether oxygens (including phenoxy) is 3. The molecule has 2 amide bonds. The normalized spacial score (nSPS) is 18.0. The Morgan fingerprint density at radius 1 is 0.903 bits per heavy atom. The van der Waals surface area contributed by atoms with Crippen LogP contribution in [0.2, 0.25) is 0 Å². The van der Waals surface area contributed by atoms with Crippen molar-refractivity contribution in [1.82, 2.24) is 10.6 Å². The predicted octanol–water partition coefficient (Wildman–Crippen LogP) is 4.42. The SMILES string of the molecule is CCNC(=O)NC1CCC(OC(=O)CCOc2ccc(Oc3ccccc3)cc2)CC1. The van der Waals surface area contributed by atoms with E-state index in [1.54, 1.807) is 0 Å². The lowest BCUT2D eigenvalue weighted by Crippen LogP contribution is -2.44.